The van der Waals surface area contributed by atoms with Gasteiger partial charge in [0.25, 0.3) is 0 Å². The highest BCUT2D eigenvalue weighted by molar-refractivity contribution is 6.88. The topological polar surface area (TPSA) is 89.5 Å². The van der Waals surface area contributed by atoms with E-state index in [1.165, 1.54) is 0 Å². The molecule has 0 N–H and O–H groups in total. The molecule has 0 saturated heterocycles. The molecule has 0 unspecified atom stereocenters. The van der Waals surface area contributed by atoms with Gasteiger partial charge in [0.05, 0.1) is 26.4 Å². The van der Waals surface area contributed by atoms with Gasteiger partial charge >= 0.3 is 20.5 Å². The minimum Gasteiger partial charge on any atom is -0.462 e. The quantitative estimate of drug-likeness (QED) is 0.0572. The fraction of sp³-hybridized carbons (Fsp3) is 0.786. The van der Waals surface area contributed by atoms with E-state index in [4.69, 9.17) is 27.2 Å². The lowest BCUT2D eigenvalue weighted by Gasteiger charge is -2.41. The molecule has 0 spiro atoms. The van der Waals surface area contributed by atoms with Gasteiger partial charge in [0.2, 0.25) is 0 Å². The Morgan fingerprint density at radius 3 is 1.36 bits per heavy atom. The van der Waals surface area contributed by atoms with Crippen molar-refractivity contribution in [2.75, 3.05) is 40.1 Å². The number of hydrogen-bond acceptors (Lipinski definition) is 8. The first-order chi connectivity index (χ1) is 16.6. The molecule has 0 atom stereocenters. The minimum atomic E-state index is -2.52. The van der Waals surface area contributed by atoms with Crippen LogP contribution in [0.25, 0.3) is 0 Å². The molecule has 0 fully saturated rings. The molecule has 0 amide bonds. The van der Waals surface area contributed by atoms with E-state index in [9.17, 15) is 9.59 Å². The van der Waals surface area contributed by atoms with E-state index in [0.717, 1.165) is 37.4 Å². The number of esters is 2. The summed E-state index contributed by atoms with van der Waals surface area (Å²) in [6.07, 6.45) is 2.35. The Kier molecular flexibility index (Phi) is 26.0. The summed E-state index contributed by atoms with van der Waals surface area (Å²) in [6, 6.07) is 2.57. The van der Waals surface area contributed by atoms with Crippen molar-refractivity contribution in [1.29, 1.82) is 0 Å². The molecule has 0 heterocycles. The molecule has 0 aromatic heterocycles. The summed E-state index contributed by atoms with van der Waals surface area (Å²) in [5.41, 5.74) is 0.816. The van der Waals surface area contributed by atoms with Crippen molar-refractivity contribution in [2.24, 2.45) is 0 Å². The summed E-state index contributed by atoms with van der Waals surface area (Å²) in [5.74, 6) is -0.707. The summed E-state index contributed by atoms with van der Waals surface area (Å²) in [4.78, 5) is 23.3. The van der Waals surface area contributed by atoms with Gasteiger partial charge in [0, 0.05) is 24.9 Å². The molecule has 234 valence electrons. The van der Waals surface area contributed by atoms with E-state index in [1.54, 1.807) is 21.0 Å². The normalized spacial score (nSPS) is 11.4. The number of rotatable bonds is 21. The number of ether oxygens (including phenoxy) is 4. The second-order valence-electron chi connectivity index (χ2n) is 10.6. The summed E-state index contributed by atoms with van der Waals surface area (Å²) >= 11 is 0. The Morgan fingerprint density at radius 2 is 1.00 bits per heavy atom. The Labute approximate surface area is 244 Å². The molecule has 0 aliphatic heterocycles. The van der Waals surface area contributed by atoms with Crippen molar-refractivity contribution in [3.05, 3.63) is 24.3 Å². The van der Waals surface area contributed by atoms with Crippen molar-refractivity contribution >= 4 is 37.1 Å². The van der Waals surface area contributed by atoms with Gasteiger partial charge in [0.15, 0.2) is 16.6 Å². The van der Waals surface area contributed by atoms with Crippen LogP contribution in [0.5, 0.6) is 0 Å². The molecule has 0 aliphatic carbocycles. The molecule has 0 saturated carbocycles. The third kappa shape index (κ3) is 23.3. The summed E-state index contributed by atoms with van der Waals surface area (Å²) in [5, 5.41) is 0. The maximum atomic E-state index is 11.6. The van der Waals surface area contributed by atoms with E-state index in [2.05, 4.69) is 45.9 Å². The van der Waals surface area contributed by atoms with Gasteiger partial charge in [-0.25, -0.2) is 9.59 Å². The number of hydrogen-bond donors (Lipinski definition) is 0. The number of methoxy groups -OCH3 is 1. The van der Waals surface area contributed by atoms with Crippen molar-refractivity contribution in [2.45, 2.75) is 106 Å². The molecule has 0 radical (unpaired) electrons. The van der Waals surface area contributed by atoms with Gasteiger partial charge in [-0.2, -0.15) is 0 Å². The van der Waals surface area contributed by atoms with E-state index in [1.807, 2.05) is 0 Å². The van der Waals surface area contributed by atoms with Crippen LogP contribution in [0.1, 0.15) is 55.4 Å². The fourth-order valence-corrected chi connectivity index (χ4v) is 18.0. The van der Waals surface area contributed by atoms with Crippen LogP contribution in [0.3, 0.4) is 0 Å². The van der Waals surface area contributed by atoms with Crippen LogP contribution < -0.4 is 0 Å². The van der Waals surface area contributed by atoms with Crippen molar-refractivity contribution < 1.29 is 36.8 Å². The minimum absolute atomic E-state index is 0. The first-order valence-corrected chi connectivity index (χ1v) is 21.5. The lowest BCUT2D eigenvalue weighted by Crippen LogP contribution is -2.54. The van der Waals surface area contributed by atoms with Gasteiger partial charge in [-0.05, 0) is 84.0 Å². The predicted octanol–water partition coefficient (Wildman–Crippen LogP) is 7.48. The van der Waals surface area contributed by atoms with E-state index < -0.39 is 25.2 Å². The highest BCUT2D eigenvalue weighted by Crippen LogP contribution is 2.29. The molecule has 0 aromatic rings. The first kappa shape index (κ1) is 44.9. The SMILES string of the molecule is C.C.C.C=C(C)C(=O)OCCC[Si](C)(C)O[Si](C)(CCCOCCOC)O[Si](C)(C)CCCOC(=O)C(=C)C. The van der Waals surface area contributed by atoms with E-state index >= 15 is 0 Å². The zero-order chi connectivity index (χ0) is 27.8. The van der Waals surface area contributed by atoms with E-state index in [-0.39, 0.29) is 34.2 Å². The molecule has 39 heavy (non-hydrogen) atoms. The maximum absolute atomic E-state index is 11.6. The first-order valence-electron chi connectivity index (χ1n) is 12.8. The highest BCUT2D eigenvalue weighted by atomic mass is 28.5. The molecule has 0 rings (SSSR count). The van der Waals surface area contributed by atoms with Crippen molar-refractivity contribution in [3.8, 4) is 0 Å². The molecular weight excluding hydrogens is 549 g/mol. The number of carbonyl (C=O) groups excluding carboxylic acids is 2. The van der Waals surface area contributed by atoms with Crippen molar-refractivity contribution in [1.82, 2.24) is 0 Å². The third-order valence-corrected chi connectivity index (χ3v) is 17.6. The fourth-order valence-electron chi connectivity index (χ4n) is 3.71. The zero-order valence-corrected chi connectivity index (χ0v) is 27.0. The van der Waals surface area contributed by atoms with Crippen LogP contribution in [0.2, 0.25) is 50.9 Å². The maximum Gasteiger partial charge on any atom is 0.333 e. The average Bonchev–Trinajstić information content (AvgIpc) is 2.75. The number of carbonyl (C=O) groups is 2. The summed E-state index contributed by atoms with van der Waals surface area (Å²) < 4.78 is 35.0. The van der Waals surface area contributed by atoms with Crippen LogP contribution in [0.15, 0.2) is 24.3 Å². The van der Waals surface area contributed by atoms with Crippen LogP contribution in [0.4, 0.5) is 0 Å². The predicted molar refractivity (Wildman–Crippen MR) is 171 cm³/mol. The van der Waals surface area contributed by atoms with Gasteiger partial charge in [0.1, 0.15) is 0 Å². The zero-order valence-electron chi connectivity index (χ0n) is 24.0. The highest BCUT2D eigenvalue weighted by Gasteiger charge is 2.42. The Balaban J connectivity index is -0.00000204. The van der Waals surface area contributed by atoms with Crippen LogP contribution in [0, 0.1) is 0 Å². The lowest BCUT2D eigenvalue weighted by molar-refractivity contribution is -0.139. The Bertz CT molecular complexity index is 663. The molecule has 0 bridgehead atoms. The van der Waals surface area contributed by atoms with E-state index in [0.29, 0.717) is 44.2 Å². The molecule has 8 nitrogen and oxygen atoms in total. The Hall–Kier alpha value is -1.09. The average molecular weight is 611 g/mol. The third-order valence-electron chi connectivity index (χ3n) is 5.35. The van der Waals surface area contributed by atoms with Crippen LogP contribution >= 0.6 is 0 Å². The smallest absolute Gasteiger partial charge is 0.333 e. The molecular formula is C28H62O8Si3. The molecule has 11 heteroatoms. The standard InChI is InChI=1S/C25H50O8Si3.3CH4/c1-22(2)24(26)30-15-12-19-34(6,7)32-36(10,21-11-14-29-18-17-28-5)33-35(8,9)20-13-16-31-25(27)23(3)4;;;/h1,3,11-21H2,2,4-10H3;3*1H4. The van der Waals surface area contributed by atoms with Crippen LogP contribution in [-0.2, 0) is 36.8 Å². The van der Waals surface area contributed by atoms with Gasteiger partial charge < -0.3 is 27.2 Å². The second-order valence-corrected chi connectivity index (χ2v) is 23.0. The Morgan fingerprint density at radius 1 is 0.615 bits per heavy atom. The summed E-state index contributed by atoms with van der Waals surface area (Å²) in [7, 11) is -5.02. The lowest BCUT2D eigenvalue weighted by atomic mass is 10.4. The van der Waals surface area contributed by atoms with Gasteiger partial charge in [-0.3, -0.25) is 0 Å². The molecule has 0 aliphatic rings. The molecule has 0 aromatic carbocycles. The summed E-state index contributed by atoms with van der Waals surface area (Å²) in [6.45, 7) is 24.0. The monoisotopic (exact) mass is 610 g/mol. The van der Waals surface area contributed by atoms with Crippen LogP contribution in [-0.4, -0.2) is 77.3 Å². The van der Waals surface area contributed by atoms with Crippen molar-refractivity contribution in [3.63, 3.8) is 0 Å². The van der Waals surface area contributed by atoms with Gasteiger partial charge in [-0.15, -0.1) is 0 Å². The largest absolute Gasteiger partial charge is 0.462 e. The second kappa shape index (κ2) is 22.6. The van der Waals surface area contributed by atoms with Gasteiger partial charge in [-0.1, -0.05) is 35.4 Å².